The normalized spacial score (nSPS) is 17.4. The number of nitrogen functional groups attached to an aromatic ring is 1. The van der Waals surface area contributed by atoms with Gasteiger partial charge in [0.25, 0.3) is 0 Å². The second-order valence-corrected chi connectivity index (χ2v) is 7.99. The van der Waals surface area contributed by atoms with E-state index in [-0.39, 0.29) is 30.0 Å². The first-order valence-electron chi connectivity index (χ1n) is 9.85. The van der Waals surface area contributed by atoms with E-state index in [4.69, 9.17) is 17.3 Å². The van der Waals surface area contributed by atoms with Crippen molar-refractivity contribution in [1.82, 2.24) is 4.90 Å². The molecular formula is C22H26ClF2N3O. The van der Waals surface area contributed by atoms with Gasteiger partial charge in [-0.05, 0) is 37.1 Å². The molecule has 7 heteroatoms. The SMILES string of the molecule is CCC(C)C(=O)N1CC[C@H](N(Cc2cccc(F)c2F)c2ccc(N)c(Cl)c2)C1. The first-order valence-corrected chi connectivity index (χ1v) is 10.2. The number of hydrogen-bond acceptors (Lipinski definition) is 3. The number of nitrogens with zero attached hydrogens (tertiary/aromatic N) is 2. The summed E-state index contributed by atoms with van der Waals surface area (Å²) in [6.45, 7) is 5.25. The minimum absolute atomic E-state index is 0.0335. The molecule has 0 saturated carbocycles. The summed E-state index contributed by atoms with van der Waals surface area (Å²) in [5, 5.41) is 0.401. The molecule has 1 fully saturated rings. The number of carbonyl (C=O) groups excluding carboxylic acids is 1. The van der Waals surface area contributed by atoms with Crippen molar-refractivity contribution in [2.45, 2.75) is 39.3 Å². The lowest BCUT2D eigenvalue weighted by atomic mass is 10.1. The number of rotatable bonds is 6. The highest BCUT2D eigenvalue weighted by Crippen LogP contribution is 2.31. The third kappa shape index (κ3) is 4.64. The zero-order chi connectivity index (χ0) is 21.1. The molecule has 2 aromatic rings. The molecule has 1 unspecified atom stereocenters. The molecule has 0 radical (unpaired) electrons. The molecule has 0 bridgehead atoms. The molecule has 1 saturated heterocycles. The quantitative estimate of drug-likeness (QED) is 0.678. The lowest BCUT2D eigenvalue weighted by Crippen LogP contribution is -2.40. The maximum atomic E-state index is 14.4. The summed E-state index contributed by atoms with van der Waals surface area (Å²) in [4.78, 5) is 16.4. The van der Waals surface area contributed by atoms with Gasteiger partial charge in [0.1, 0.15) is 0 Å². The molecule has 0 aliphatic carbocycles. The van der Waals surface area contributed by atoms with E-state index in [1.54, 1.807) is 18.2 Å². The number of halogens is 3. The van der Waals surface area contributed by atoms with Crippen molar-refractivity contribution in [2.24, 2.45) is 5.92 Å². The second kappa shape index (κ2) is 8.99. The predicted molar refractivity (Wildman–Crippen MR) is 113 cm³/mol. The van der Waals surface area contributed by atoms with Crippen LogP contribution in [0.5, 0.6) is 0 Å². The Morgan fingerprint density at radius 3 is 2.79 bits per heavy atom. The zero-order valence-electron chi connectivity index (χ0n) is 16.7. The Morgan fingerprint density at radius 2 is 2.10 bits per heavy atom. The van der Waals surface area contributed by atoms with Crippen LogP contribution in [0.15, 0.2) is 36.4 Å². The molecular weight excluding hydrogens is 396 g/mol. The minimum atomic E-state index is -0.877. The Kier molecular flexibility index (Phi) is 6.63. The smallest absolute Gasteiger partial charge is 0.225 e. The molecule has 2 N–H and O–H groups in total. The standard InChI is InChI=1S/C22H26ClF2N3O/c1-3-14(2)22(29)27-10-9-17(13-27)28(16-7-8-20(26)18(23)11-16)12-15-5-4-6-19(24)21(15)25/h4-8,11,14,17H,3,9-10,12-13,26H2,1-2H3/t14?,17-/m0/s1. The molecule has 1 aliphatic heterocycles. The summed E-state index contributed by atoms with van der Waals surface area (Å²) in [6.07, 6.45) is 1.52. The fraction of sp³-hybridized carbons (Fsp3) is 0.409. The Hall–Kier alpha value is -2.34. The van der Waals surface area contributed by atoms with Crippen LogP contribution in [0.3, 0.4) is 0 Å². The first kappa shape index (κ1) is 21.4. The van der Waals surface area contributed by atoms with Gasteiger partial charge in [-0.1, -0.05) is 37.6 Å². The average molecular weight is 422 g/mol. The highest BCUT2D eigenvalue weighted by atomic mass is 35.5. The third-order valence-corrected chi connectivity index (χ3v) is 5.97. The fourth-order valence-corrected chi connectivity index (χ4v) is 3.84. The van der Waals surface area contributed by atoms with E-state index in [0.29, 0.717) is 23.8 Å². The van der Waals surface area contributed by atoms with Crippen LogP contribution >= 0.6 is 11.6 Å². The van der Waals surface area contributed by atoms with Crippen molar-refractivity contribution in [2.75, 3.05) is 23.7 Å². The second-order valence-electron chi connectivity index (χ2n) is 7.58. The lowest BCUT2D eigenvalue weighted by molar-refractivity contribution is -0.134. The van der Waals surface area contributed by atoms with Crippen molar-refractivity contribution in [3.63, 3.8) is 0 Å². The van der Waals surface area contributed by atoms with Gasteiger partial charge in [-0.3, -0.25) is 4.79 Å². The van der Waals surface area contributed by atoms with E-state index in [1.807, 2.05) is 29.7 Å². The molecule has 4 nitrogen and oxygen atoms in total. The Morgan fingerprint density at radius 1 is 1.34 bits per heavy atom. The van der Waals surface area contributed by atoms with Crippen LogP contribution in [0.1, 0.15) is 32.3 Å². The average Bonchev–Trinajstić information content (AvgIpc) is 3.20. The molecule has 1 heterocycles. The molecule has 29 heavy (non-hydrogen) atoms. The van der Waals surface area contributed by atoms with Gasteiger partial charge >= 0.3 is 0 Å². The van der Waals surface area contributed by atoms with Gasteiger partial charge in [-0.25, -0.2) is 8.78 Å². The molecule has 1 aliphatic rings. The zero-order valence-corrected chi connectivity index (χ0v) is 17.4. The lowest BCUT2D eigenvalue weighted by Gasteiger charge is -2.32. The molecule has 0 aromatic heterocycles. The summed E-state index contributed by atoms with van der Waals surface area (Å²) >= 11 is 6.21. The monoisotopic (exact) mass is 421 g/mol. The van der Waals surface area contributed by atoms with Gasteiger partial charge in [0.05, 0.1) is 10.7 Å². The molecule has 156 valence electrons. The van der Waals surface area contributed by atoms with E-state index in [9.17, 15) is 13.6 Å². The van der Waals surface area contributed by atoms with Crippen molar-refractivity contribution in [1.29, 1.82) is 0 Å². The van der Waals surface area contributed by atoms with Gasteiger partial charge in [-0.2, -0.15) is 0 Å². The van der Waals surface area contributed by atoms with Crippen LogP contribution in [0.25, 0.3) is 0 Å². The number of anilines is 2. The van der Waals surface area contributed by atoms with Crippen LogP contribution < -0.4 is 10.6 Å². The predicted octanol–water partition coefficient (Wildman–Crippen LogP) is 4.85. The molecule has 2 atom stereocenters. The van der Waals surface area contributed by atoms with E-state index in [0.717, 1.165) is 24.6 Å². The summed E-state index contributed by atoms with van der Waals surface area (Å²) in [5.41, 5.74) is 7.30. The van der Waals surface area contributed by atoms with Crippen LogP contribution in [0.4, 0.5) is 20.2 Å². The fourth-order valence-electron chi connectivity index (χ4n) is 3.66. The molecule has 3 rings (SSSR count). The van der Waals surface area contributed by atoms with E-state index in [2.05, 4.69) is 0 Å². The van der Waals surface area contributed by atoms with Crippen LogP contribution in [-0.2, 0) is 11.3 Å². The van der Waals surface area contributed by atoms with Gasteiger partial charge in [0.2, 0.25) is 5.91 Å². The Balaban J connectivity index is 1.90. The number of carbonyl (C=O) groups is 1. The topological polar surface area (TPSA) is 49.6 Å². The third-order valence-electron chi connectivity index (χ3n) is 5.64. The summed E-state index contributed by atoms with van der Waals surface area (Å²) in [7, 11) is 0. The molecule has 0 spiro atoms. The van der Waals surface area contributed by atoms with Crippen LogP contribution in [0.2, 0.25) is 5.02 Å². The molecule has 2 aromatic carbocycles. The number of hydrogen-bond donors (Lipinski definition) is 1. The van der Waals surface area contributed by atoms with Gasteiger partial charge < -0.3 is 15.5 Å². The summed E-state index contributed by atoms with van der Waals surface area (Å²) < 4.78 is 28.1. The van der Waals surface area contributed by atoms with E-state index >= 15 is 0 Å². The van der Waals surface area contributed by atoms with Crippen molar-refractivity contribution < 1.29 is 13.6 Å². The number of amides is 1. The number of nitrogens with two attached hydrogens (primary N) is 1. The maximum Gasteiger partial charge on any atom is 0.225 e. The van der Waals surface area contributed by atoms with Gasteiger partial charge in [0, 0.05) is 42.8 Å². The highest BCUT2D eigenvalue weighted by molar-refractivity contribution is 6.33. The summed E-state index contributed by atoms with van der Waals surface area (Å²) in [6, 6.07) is 9.38. The minimum Gasteiger partial charge on any atom is -0.398 e. The Labute approximate surface area is 175 Å². The van der Waals surface area contributed by atoms with Gasteiger partial charge in [0.15, 0.2) is 11.6 Å². The maximum absolute atomic E-state index is 14.4. The Bertz CT molecular complexity index is 892. The van der Waals surface area contributed by atoms with Crippen LogP contribution in [0, 0.1) is 17.6 Å². The highest BCUT2D eigenvalue weighted by Gasteiger charge is 2.32. The molecule has 1 amide bonds. The largest absolute Gasteiger partial charge is 0.398 e. The van der Waals surface area contributed by atoms with Crippen LogP contribution in [-0.4, -0.2) is 29.9 Å². The van der Waals surface area contributed by atoms with Crippen molar-refractivity contribution in [3.8, 4) is 0 Å². The van der Waals surface area contributed by atoms with E-state index in [1.165, 1.54) is 6.07 Å². The van der Waals surface area contributed by atoms with E-state index < -0.39 is 11.6 Å². The first-order chi connectivity index (χ1) is 13.8. The number of likely N-dealkylation sites (tertiary alicyclic amines) is 1. The van der Waals surface area contributed by atoms with Crippen molar-refractivity contribution in [3.05, 3.63) is 58.6 Å². The van der Waals surface area contributed by atoms with Crippen molar-refractivity contribution >= 4 is 28.9 Å². The summed E-state index contributed by atoms with van der Waals surface area (Å²) in [5.74, 6) is -1.64. The van der Waals surface area contributed by atoms with Gasteiger partial charge in [-0.15, -0.1) is 0 Å². The number of benzene rings is 2.